The smallest absolute Gasteiger partial charge is 0.290 e. The number of anilines is 1. The van der Waals surface area contributed by atoms with Crippen LogP contribution in [0.3, 0.4) is 0 Å². The van der Waals surface area contributed by atoms with Gasteiger partial charge in [-0.15, -0.1) is 0 Å². The summed E-state index contributed by atoms with van der Waals surface area (Å²) >= 11 is 0. The van der Waals surface area contributed by atoms with E-state index in [1.807, 2.05) is 0 Å². The van der Waals surface area contributed by atoms with Gasteiger partial charge in [-0.1, -0.05) is 0 Å². The van der Waals surface area contributed by atoms with E-state index in [2.05, 4.69) is 9.88 Å². The Morgan fingerprint density at radius 1 is 1.31 bits per heavy atom. The molecule has 0 amide bonds. The van der Waals surface area contributed by atoms with Gasteiger partial charge in [0.15, 0.2) is 0 Å². The van der Waals surface area contributed by atoms with E-state index in [-0.39, 0.29) is 10.6 Å². The second kappa shape index (κ2) is 4.47. The van der Waals surface area contributed by atoms with E-state index < -0.39 is 0 Å². The van der Waals surface area contributed by atoms with Crippen molar-refractivity contribution in [3.05, 3.63) is 27.9 Å². The summed E-state index contributed by atoms with van der Waals surface area (Å²) in [7, 11) is 0. The van der Waals surface area contributed by atoms with Crippen LogP contribution in [0.5, 0.6) is 0 Å². The van der Waals surface area contributed by atoms with Crippen LogP contribution in [0, 0.1) is 17.0 Å². The van der Waals surface area contributed by atoms with E-state index in [0.717, 1.165) is 18.9 Å². The van der Waals surface area contributed by atoms with Gasteiger partial charge in [-0.05, 0) is 32.3 Å². The summed E-state index contributed by atoms with van der Waals surface area (Å²) in [6, 6.07) is 3.29. The topological polar surface area (TPSA) is 59.3 Å². The highest BCUT2D eigenvalue weighted by Gasteiger charge is 2.16. The second-order valence-electron chi connectivity index (χ2n) is 4.08. The van der Waals surface area contributed by atoms with Crippen molar-refractivity contribution in [2.75, 3.05) is 18.0 Å². The van der Waals surface area contributed by atoms with Crippen molar-refractivity contribution in [1.82, 2.24) is 4.98 Å². The van der Waals surface area contributed by atoms with Crippen molar-refractivity contribution in [1.29, 1.82) is 0 Å². The Morgan fingerprint density at radius 3 is 2.56 bits per heavy atom. The first-order chi connectivity index (χ1) is 7.68. The molecule has 1 aliphatic heterocycles. The molecular formula is C11H15N3O2. The summed E-state index contributed by atoms with van der Waals surface area (Å²) in [4.78, 5) is 16.8. The molecule has 0 spiro atoms. The molecule has 0 N–H and O–H groups in total. The SMILES string of the molecule is Cc1nc(N2CCCCC2)ccc1[N+](=O)[O-]. The van der Waals surface area contributed by atoms with Crippen molar-refractivity contribution in [2.45, 2.75) is 26.2 Å². The summed E-state index contributed by atoms with van der Waals surface area (Å²) in [6.45, 7) is 3.69. The average Bonchev–Trinajstić information content (AvgIpc) is 2.29. The number of aromatic nitrogens is 1. The summed E-state index contributed by atoms with van der Waals surface area (Å²) in [5.41, 5.74) is 0.592. The number of piperidine rings is 1. The monoisotopic (exact) mass is 221 g/mol. The number of nitro groups is 1. The lowest BCUT2D eigenvalue weighted by molar-refractivity contribution is -0.385. The maximum absolute atomic E-state index is 10.7. The van der Waals surface area contributed by atoms with Crippen molar-refractivity contribution < 1.29 is 4.92 Å². The molecule has 16 heavy (non-hydrogen) atoms. The highest BCUT2D eigenvalue weighted by molar-refractivity contribution is 5.46. The van der Waals surface area contributed by atoms with Gasteiger partial charge in [0.2, 0.25) is 0 Å². The zero-order valence-electron chi connectivity index (χ0n) is 9.35. The molecule has 0 aromatic carbocycles. The molecule has 5 nitrogen and oxygen atoms in total. The van der Waals surface area contributed by atoms with Gasteiger partial charge in [-0.2, -0.15) is 0 Å². The van der Waals surface area contributed by atoms with E-state index in [4.69, 9.17) is 0 Å². The van der Waals surface area contributed by atoms with Crippen LogP contribution in [-0.4, -0.2) is 23.0 Å². The first-order valence-electron chi connectivity index (χ1n) is 5.55. The molecule has 1 fully saturated rings. The largest absolute Gasteiger partial charge is 0.357 e. The molecule has 0 saturated carbocycles. The second-order valence-corrected chi connectivity index (χ2v) is 4.08. The Morgan fingerprint density at radius 2 is 2.00 bits per heavy atom. The third kappa shape index (κ3) is 2.13. The summed E-state index contributed by atoms with van der Waals surface area (Å²) < 4.78 is 0. The lowest BCUT2D eigenvalue weighted by atomic mass is 10.1. The van der Waals surface area contributed by atoms with Crippen LogP contribution in [0.4, 0.5) is 11.5 Å². The molecule has 2 rings (SSSR count). The quantitative estimate of drug-likeness (QED) is 0.568. The Labute approximate surface area is 94.2 Å². The van der Waals surface area contributed by atoms with Gasteiger partial charge in [-0.3, -0.25) is 10.1 Å². The fraction of sp³-hybridized carbons (Fsp3) is 0.545. The number of pyridine rings is 1. The summed E-state index contributed by atoms with van der Waals surface area (Å²) in [5, 5.41) is 10.7. The molecule has 0 unspecified atom stereocenters. The van der Waals surface area contributed by atoms with Crippen LogP contribution >= 0.6 is 0 Å². The maximum atomic E-state index is 10.7. The van der Waals surface area contributed by atoms with E-state index in [9.17, 15) is 10.1 Å². The number of aryl methyl sites for hydroxylation is 1. The highest BCUT2D eigenvalue weighted by Crippen LogP contribution is 2.22. The standard InChI is InChI=1S/C11H15N3O2/c1-9-10(14(15)16)5-6-11(12-9)13-7-3-2-4-8-13/h5-6H,2-4,7-8H2,1H3. The molecule has 1 aromatic heterocycles. The Balaban J connectivity index is 2.23. The van der Waals surface area contributed by atoms with E-state index in [0.29, 0.717) is 5.69 Å². The molecule has 86 valence electrons. The Kier molecular flexibility index (Phi) is 3.03. The number of rotatable bonds is 2. The van der Waals surface area contributed by atoms with Crippen molar-refractivity contribution in [3.8, 4) is 0 Å². The molecule has 0 radical (unpaired) electrons. The molecule has 1 aliphatic rings. The highest BCUT2D eigenvalue weighted by atomic mass is 16.6. The Hall–Kier alpha value is -1.65. The Bertz CT molecular complexity index is 400. The van der Waals surface area contributed by atoms with E-state index >= 15 is 0 Å². The lowest BCUT2D eigenvalue weighted by Crippen LogP contribution is -2.30. The predicted octanol–water partition coefficient (Wildman–Crippen LogP) is 2.29. The minimum atomic E-state index is -0.387. The van der Waals surface area contributed by atoms with Crippen LogP contribution in [0.25, 0.3) is 0 Å². The molecule has 5 heteroatoms. The van der Waals surface area contributed by atoms with Crippen LogP contribution < -0.4 is 4.90 Å². The number of hydrogen-bond donors (Lipinski definition) is 0. The van der Waals surface area contributed by atoms with E-state index in [1.54, 1.807) is 19.1 Å². The minimum absolute atomic E-state index is 0.0979. The lowest BCUT2D eigenvalue weighted by Gasteiger charge is -2.27. The average molecular weight is 221 g/mol. The fourth-order valence-corrected chi connectivity index (χ4v) is 2.03. The zero-order chi connectivity index (χ0) is 11.5. The van der Waals surface area contributed by atoms with Gasteiger partial charge in [0.1, 0.15) is 11.5 Å². The van der Waals surface area contributed by atoms with E-state index in [1.165, 1.54) is 19.3 Å². The summed E-state index contributed by atoms with van der Waals surface area (Å²) in [6.07, 6.45) is 3.62. The fourth-order valence-electron chi connectivity index (χ4n) is 2.03. The number of nitrogens with zero attached hydrogens (tertiary/aromatic N) is 3. The van der Waals surface area contributed by atoms with Crippen LogP contribution in [0.1, 0.15) is 25.0 Å². The van der Waals surface area contributed by atoms with Crippen LogP contribution in [-0.2, 0) is 0 Å². The van der Waals surface area contributed by atoms with Crippen LogP contribution in [0.2, 0.25) is 0 Å². The molecule has 1 saturated heterocycles. The van der Waals surface area contributed by atoms with Gasteiger partial charge in [-0.25, -0.2) is 4.98 Å². The zero-order valence-corrected chi connectivity index (χ0v) is 9.35. The van der Waals surface area contributed by atoms with Gasteiger partial charge >= 0.3 is 0 Å². The molecule has 0 aliphatic carbocycles. The van der Waals surface area contributed by atoms with Gasteiger partial charge < -0.3 is 4.90 Å². The normalized spacial score (nSPS) is 16.2. The summed E-state index contributed by atoms with van der Waals surface area (Å²) in [5.74, 6) is 0.864. The van der Waals surface area contributed by atoms with Crippen molar-refractivity contribution in [2.24, 2.45) is 0 Å². The predicted molar refractivity (Wildman–Crippen MR) is 61.7 cm³/mol. The minimum Gasteiger partial charge on any atom is -0.357 e. The maximum Gasteiger partial charge on any atom is 0.290 e. The molecular weight excluding hydrogens is 206 g/mol. The van der Waals surface area contributed by atoms with Gasteiger partial charge in [0.05, 0.1) is 4.92 Å². The first-order valence-corrected chi connectivity index (χ1v) is 5.55. The van der Waals surface area contributed by atoms with Gasteiger partial charge in [0.25, 0.3) is 5.69 Å². The molecule has 2 heterocycles. The molecule has 0 atom stereocenters. The molecule has 0 bridgehead atoms. The third-order valence-corrected chi connectivity index (χ3v) is 2.92. The third-order valence-electron chi connectivity index (χ3n) is 2.92. The van der Waals surface area contributed by atoms with Gasteiger partial charge in [0, 0.05) is 19.2 Å². The van der Waals surface area contributed by atoms with Crippen molar-refractivity contribution >= 4 is 11.5 Å². The first kappa shape index (κ1) is 10.9. The van der Waals surface area contributed by atoms with Crippen molar-refractivity contribution in [3.63, 3.8) is 0 Å². The molecule has 1 aromatic rings. The number of hydrogen-bond acceptors (Lipinski definition) is 4. The van der Waals surface area contributed by atoms with Crippen LogP contribution in [0.15, 0.2) is 12.1 Å².